The van der Waals surface area contributed by atoms with E-state index in [1.807, 2.05) is 6.92 Å². The molecule has 3 N–H and O–H groups in total. The molecular weight excluding hydrogens is 382 g/mol. The van der Waals surface area contributed by atoms with Crippen molar-refractivity contribution in [3.8, 4) is 11.9 Å². The molecule has 1 atom stereocenters. The van der Waals surface area contributed by atoms with Gasteiger partial charge in [0.05, 0.1) is 29.6 Å². The molecule has 0 aromatic carbocycles. The molecule has 3 heterocycles. The number of fused-ring (bicyclic) bond motifs is 1. The fourth-order valence-electron chi connectivity index (χ4n) is 3.21. The summed E-state index contributed by atoms with van der Waals surface area (Å²) in [6, 6.07) is 5.24. The molecule has 0 unspecified atom stereocenters. The van der Waals surface area contributed by atoms with Gasteiger partial charge in [-0.3, -0.25) is 4.79 Å². The zero-order valence-electron chi connectivity index (χ0n) is 16.7. The van der Waals surface area contributed by atoms with Gasteiger partial charge in [-0.1, -0.05) is 12.8 Å². The maximum Gasteiger partial charge on any atom is 0.254 e. The van der Waals surface area contributed by atoms with Crippen LogP contribution in [0, 0.1) is 17.2 Å². The zero-order chi connectivity index (χ0) is 21.1. The summed E-state index contributed by atoms with van der Waals surface area (Å²) in [7, 11) is 0. The molecule has 0 aliphatic heterocycles. The first-order valence-corrected chi connectivity index (χ1v) is 9.99. The number of aliphatic hydroxyl groups is 1. The van der Waals surface area contributed by atoms with Crippen LogP contribution in [0.2, 0.25) is 0 Å². The lowest BCUT2D eigenvalue weighted by Gasteiger charge is -2.17. The number of aliphatic hydroxyl groups excluding tert-OH is 1. The van der Waals surface area contributed by atoms with Crippen molar-refractivity contribution >= 4 is 22.6 Å². The van der Waals surface area contributed by atoms with E-state index in [0.29, 0.717) is 34.8 Å². The summed E-state index contributed by atoms with van der Waals surface area (Å²) in [5.74, 6) is 1.01. The predicted molar refractivity (Wildman–Crippen MR) is 111 cm³/mol. The predicted octanol–water partition coefficient (Wildman–Crippen LogP) is 2.01. The lowest BCUT2D eigenvalue weighted by atomic mass is 10.2. The molecule has 0 bridgehead atoms. The molecule has 1 saturated carbocycles. The first-order chi connectivity index (χ1) is 14.6. The summed E-state index contributed by atoms with van der Waals surface area (Å²) in [5.41, 5.74) is 1.98. The van der Waals surface area contributed by atoms with Crippen LogP contribution >= 0.6 is 0 Å². The molecule has 1 aliphatic rings. The van der Waals surface area contributed by atoms with Crippen molar-refractivity contribution in [3.05, 3.63) is 41.9 Å². The molecular formula is C21H23N7O2. The van der Waals surface area contributed by atoms with Crippen LogP contribution in [0.25, 0.3) is 16.9 Å². The zero-order valence-corrected chi connectivity index (χ0v) is 16.7. The third-order valence-corrected chi connectivity index (χ3v) is 5.10. The number of nitrogens with zero attached hydrogens (tertiary/aromatic N) is 5. The maximum atomic E-state index is 12.7. The standard InChI is InChI=1S/C21H23N7O2/c1-13(12-29)27-18-7-19(24-11-17(18)21(30)23-5-4-14-2-3-14)28-20-16(10-26-28)6-15(8-22)9-25-20/h6-7,9-11,13-14,29H,2-5,12H2,1H3,(H,23,30)(H,24,27)/t13-/m0/s1. The largest absolute Gasteiger partial charge is 0.394 e. The number of anilines is 1. The molecule has 30 heavy (non-hydrogen) atoms. The van der Waals surface area contributed by atoms with E-state index in [-0.39, 0.29) is 18.6 Å². The number of hydrogen-bond acceptors (Lipinski definition) is 7. The highest BCUT2D eigenvalue weighted by atomic mass is 16.3. The second-order valence-corrected chi connectivity index (χ2v) is 7.61. The van der Waals surface area contributed by atoms with Gasteiger partial charge in [0, 0.05) is 36.4 Å². The Labute approximate surface area is 173 Å². The topological polar surface area (TPSA) is 129 Å². The lowest BCUT2D eigenvalue weighted by molar-refractivity contribution is 0.0953. The molecule has 3 aromatic heterocycles. The Balaban J connectivity index is 1.65. The van der Waals surface area contributed by atoms with Gasteiger partial charge in [0.15, 0.2) is 11.5 Å². The Morgan fingerprint density at radius 1 is 1.33 bits per heavy atom. The second kappa shape index (κ2) is 8.47. The van der Waals surface area contributed by atoms with Crippen molar-refractivity contribution in [1.29, 1.82) is 5.26 Å². The van der Waals surface area contributed by atoms with Crippen molar-refractivity contribution in [3.63, 3.8) is 0 Å². The van der Waals surface area contributed by atoms with Gasteiger partial charge in [-0.15, -0.1) is 0 Å². The van der Waals surface area contributed by atoms with Gasteiger partial charge in [0.1, 0.15) is 6.07 Å². The minimum atomic E-state index is -0.246. The molecule has 1 amide bonds. The van der Waals surface area contributed by atoms with E-state index < -0.39 is 0 Å². The van der Waals surface area contributed by atoms with E-state index in [0.717, 1.165) is 17.7 Å². The number of nitrogens with one attached hydrogen (secondary N) is 2. The average molecular weight is 405 g/mol. The van der Waals surface area contributed by atoms with E-state index in [9.17, 15) is 9.90 Å². The third kappa shape index (κ3) is 4.23. The van der Waals surface area contributed by atoms with E-state index >= 15 is 0 Å². The fourth-order valence-corrected chi connectivity index (χ4v) is 3.21. The van der Waals surface area contributed by atoms with Crippen molar-refractivity contribution < 1.29 is 9.90 Å². The molecule has 1 aliphatic carbocycles. The van der Waals surface area contributed by atoms with Crippen molar-refractivity contribution in [1.82, 2.24) is 25.1 Å². The molecule has 0 spiro atoms. The minimum absolute atomic E-state index is 0.0798. The van der Waals surface area contributed by atoms with Gasteiger partial charge in [0.25, 0.3) is 5.91 Å². The van der Waals surface area contributed by atoms with Gasteiger partial charge in [-0.2, -0.15) is 15.0 Å². The third-order valence-electron chi connectivity index (χ3n) is 5.10. The summed E-state index contributed by atoms with van der Waals surface area (Å²) in [5, 5.41) is 29.7. The van der Waals surface area contributed by atoms with Crippen molar-refractivity contribution in [2.75, 3.05) is 18.5 Å². The summed E-state index contributed by atoms with van der Waals surface area (Å²) >= 11 is 0. The van der Waals surface area contributed by atoms with Crippen LogP contribution in [0.15, 0.2) is 30.7 Å². The SMILES string of the molecule is C[C@@H](CO)Nc1cc(-n2ncc3cc(C#N)cnc32)ncc1C(=O)NCCC1CC1. The molecule has 0 saturated heterocycles. The van der Waals surface area contributed by atoms with Gasteiger partial charge < -0.3 is 15.7 Å². The quantitative estimate of drug-likeness (QED) is 0.523. The summed E-state index contributed by atoms with van der Waals surface area (Å²) in [4.78, 5) is 21.4. The number of nitriles is 1. The highest BCUT2D eigenvalue weighted by molar-refractivity contribution is 5.99. The Morgan fingerprint density at radius 2 is 2.17 bits per heavy atom. The van der Waals surface area contributed by atoms with E-state index in [1.165, 1.54) is 25.2 Å². The van der Waals surface area contributed by atoms with Crippen LogP contribution in [0.1, 0.15) is 42.1 Å². The Kier molecular flexibility index (Phi) is 5.59. The second-order valence-electron chi connectivity index (χ2n) is 7.61. The number of carbonyl (C=O) groups is 1. The van der Waals surface area contributed by atoms with Gasteiger partial charge in [0.2, 0.25) is 0 Å². The van der Waals surface area contributed by atoms with Crippen LogP contribution in [0.5, 0.6) is 0 Å². The number of pyridine rings is 2. The van der Waals surface area contributed by atoms with E-state index in [1.54, 1.807) is 23.0 Å². The van der Waals surface area contributed by atoms with Crippen LogP contribution in [-0.4, -0.2) is 50.0 Å². The Hall–Kier alpha value is -3.51. The monoisotopic (exact) mass is 405 g/mol. The molecule has 0 radical (unpaired) electrons. The number of hydrogen-bond donors (Lipinski definition) is 3. The number of aromatic nitrogens is 4. The average Bonchev–Trinajstić information content (AvgIpc) is 3.49. The van der Waals surface area contributed by atoms with Gasteiger partial charge >= 0.3 is 0 Å². The van der Waals surface area contributed by atoms with Gasteiger partial charge in [-0.05, 0) is 25.3 Å². The Bertz CT molecular complexity index is 1110. The molecule has 9 heteroatoms. The molecule has 1 fully saturated rings. The van der Waals surface area contributed by atoms with Crippen LogP contribution in [0.3, 0.4) is 0 Å². The molecule has 4 rings (SSSR count). The van der Waals surface area contributed by atoms with Crippen molar-refractivity contribution in [2.45, 2.75) is 32.2 Å². The minimum Gasteiger partial charge on any atom is -0.394 e. The maximum absolute atomic E-state index is 12.7. The summed E-state index contributed by atoms with van der Waals surface area (Å²) in [6.45, 7) is 2.38. The van der Waals surface area contributed by atoms with Gasteiger partial charge in [-0.25, -0.2) is 9.97 Å². The van der Waals surface area contributed by atoms with E-state index in [2.05, 4.69) is 31.8 Å². The molecule has 3 aromatic rings. The van der Waals surface area contributed by atoms with Crippen LogP contribution < -0.4 is 10.6 Å². The number of rotatable bonds is 8. The fraction of sp³-hybridized carbons (Fsp3) is 0.381. The highest BCUT2D eigenvalue weighted by Gasteiger charge is 2.22. The molecule has 9 nitrogen and oxygen atoms in total. The molecule has 154 valence electrons. The first kappa shape index (κ1) is 19.8. The number of amides is 1. The Morgan fingerprint density at radius 3 is 2.90 bits per heavy atom. The van der Waals surface area contributed by atoms with Crippen LogP contribution in [0.4, 0.5) is 5.69 Å². The number of carbonyl (C=O) groups excluding carboxylic acids is 1. The smallest absolute Gasteiger partial charge is 0.254 e. The summed E-state index contributed by atoms with van der Waals surface area (Å²) < 4.78 is 1.56. The van der Waals surface area contributed by atoms with Crippen molar-refractivity contribution in [2.24, 2.45) is 5.92 Å². The van der Waals surface area contributed by atoms with E-state index in [4.69, 9.17) is 5.26 Å². The first-order valence-electron chi connectivity index (χ1n) is 9.99. The normalized spacial score (nSPS) is 14.3. The lowest BCUT2D eigenvalue weighted by Crippen LogP contribution is -2.28. The highest BCUT2D eigenvalue weighted by Crippen LogP contribution is 2.31. The summed E-state index contributed by atoms with van der Waals surface area (Å²) in [6.07, 6.45) is 8.08. The van der Waals surface area contributed by atoms with Crippen LogP contribution in [-0.2, 0) is 0 Å².